The molecule has 2 aliphatic rings. The molecule has 2 aromatic heterocycles. The third kappa shape index (κ3) is 4.17. The predicted octanol–water partition coefficient (Wildman–Crippen LogP) is 4.92. The summed E-state index contributed by atoms with van der Waals surface area (Å²) in [5.41, 5.74) is 0. The van der Waals surface area contributed by atoms with Crippen molar-refractivity contribution in [2.24, 2.45) is 0 Å². The lowest BCUT2D eigenvalue weighted by atomic mass is 9.92. The topological polar surface area (TPSA) is 62.6 Å². The van der Waals surface area contributed by atoms with Crippen LogP contribution in [0.1, 0.15) is 79.3 Å². The van der Waals surface area contributed by atoms with Gasteiger partial charge in [-0.15, -0.1) is 11.3 Å². The van der Waals surface area contributed by atoms with Crippen molar-refractivity contribution in [1.29, 1.82) is 0 Å². The predicted molar refractivity (Wildman–Crippen MR) is 109 cm³/mol. The lowest BCUT2D eigenvalue weighted by Gasteiger charge is -2.39. The molecule has 1 atom stereocenters. The van der Waals surface area contributed by atoms with Crippen LogP contribution in [-0.2, 0) is 4.79 Å². The van der Waals surface area contributed by atoms with E-state index in [-0.39, 0.29) is 23.9 Å². The molecule has 6 heteroatoms. The Kier molecular flexibility index (Phi) is 6.15. The summed E-state index contributed by atoms with van der Waals surface area (Å²) in [6.07, 6.45) is 11.1. The van der Waals surface area contributed by atoms with Crippen LogP contribution >= 0.6 is 11.3 Å². The van der Waals surface area contributed by atoms with Crippen LogP contribution in [0.4, 0.5) is 0 Å². The zero-order chi connectivity index (χ0) is 19.3. The maximum Gasteiger partial charge on any atom is 0.290 e. The minimum Gasteiger partial charge on any atom is -0.459 e. The van der Waals surface area contributed by atoms with Gasteiger partial charge in [0.05, 0.1) is 6.26 Å². The molecule has 2 amide bonds. The highest BCUT2D eigenvalue weighted by Crippen LogP contribution is 2.34. The second-order valence-corrected chi connectivity index (χ2v) is 8.87. The summed E-state index contributed by atoms with van der Waals surface area (Å²) in [5.74, 6) is 0.0671. The van der Waals surface area contributed by atoms with Crippen LogP contribution in [0.3, 0.4) is 0 Å². The zero-order valence-corrected chi connectivity index (χ0v) is 17.0. The smallest absolute Gasteiger partial charge is 0.290 e. The van der Waals surface area contributed by atoms with Gasteiger partial charge in [-0.2, -0.15) is 0 Å². The van der Waals surface area contributed by atoms with Crippen molar-refractivity contribution >= 4 is 23.2 Å². The Morgan fingerprint density at radius 3 is 2.43 bits per heavy atom. The summed E-state index contributed by atoms with van der Waals surface area (Å²) in [7, 11) is 0. The molecule has 0 aromatic carbocycles. The fourth-order valence-electron chi connectivity index (χ4n) is 4.57. The van der Waals surface area contributed by atoms with Crippen molar-refractivity contribution in [2.45, 2.75) is 75.9 Å². The van der Waals surface area contributed by atoms with Crippen LogP contribution in [-0.4, -0.2) is 28.8 Å². The molecule has 4 rings (SSSR count). The van der Waals surface area contributed by atoms with Crippen LogP contribution in [0.25, 0.3) is 0 Å². The largest absolute Gasteiger partial charge is 0.459 e. The monoisotopic (exact) mass is 400 g/mol. The number of carbonyl (C=O) groups excluding carboxylic acids is 2. The second kappa shape index (κ2) is 8.95. The van der Waals surface area contributed by atoms with Crippen molar-refractivity contribution in [3.8, 4) is 0 Å². The Morgan fingerprint density at radius 1 is 1.04 bits per heavy atom. The number of furan rings is 1. The third-order valence-electron chi connectivity index (χ3n) is 5.98. The Morgan fingerprint density at radius 2 is 1.79 bits per heavy atom. The summed E-state index contributed by atoms with van der Waals surface area (Å²) in [5, 5.41) is 5.20. The minimum absolute atomic E-state index is 0.0557. The number of thiophene rings is 1. The summed E-state index contributed by atoms with van der Waals surface area (Å²) in [6, 6.07) is 7.03. The molecule has 0 spiro atoms. The molecule has 5 nitrogen and oxygen atoms in total. The van der Waals surface area contributed by atoms with Gasteiger partial charge >= 0.3 is 0 Å². The first-order valence-corrected chi connectivity index (χ1v) is 11.3. The molecule has 2 saturated carbocycles. The summed E-state index contributed by atoms with van der Waals surface area (Å²) < 4.78 is 5.43. The molecule has 2 heterocycles. The molecule has 0 unspecified atom stereocenters. The van der Waals surface area contributed by atoms with Gasteiger partial charge < -0.3 is 14.6 Å². The van der Waals surface area contributed by atoms with Crippen LogP contribution in [0.2, 0.25) is 0 Å². The second-order valence-electron chi connectivity index (χ2n) is 7.89. The van der Waals surface area contributed by atoms with Gasteiger partial charge in [-0.1, -0.05) is 38.2 Å². The van der Waals surface area contributed by atoms with Crippen LogP contribution in [0.5, 0.6) is 0 Å². The molecule has 0 bridgehead atoms. The fourth-order valence-corrected chi connectivity index (χ4v) is 5.39. The van der Waals surface area contributed by atoms with E-state index >= 15 is 0 Å². The number of hydrogen-bond donors (Lipinski definition) is 1. The average molecular weight is 401 g/mol. The van der Waals surface area contributed by atoms with E-state index in [9.17, 15) is 9.59 Å². The van der Waals surface area contributed by atoms with E-state index in [0.717, 1.165) is 56.2 Å². The molecule has 150 valence electrons. The number of rotatable bonds is 6. The minimum atomic E-state index is -0.596. The van der Waals surface area contributed by atoms with E-state index in [1.165, 1.54) is 24.0 Å². The summed E-state index contributed by atoms with van der Waals surface area (Å²) >= 11 is 1.54. The lowest BCUT2D eigenvalue weighted by molar-refractivity contribution is -0.127. The Balaban J connectivity index is 1.67. The van der Waals surface area contributed by atoms with Crippen molar-refractivity contribution in [1.82, 2.24) is 10.2 Å². The molecular weight excluding hydrogens is 372 g/mol. The summed E-state index contributed by atoms with van der Waals surface area (Å²) in [6.45, 7) is 0. The highest BCUT2D eigenvalue weighted by molar-refractivity contribution is 7.10. The van der Waals surface area contributed by atoms with Crippen molar-refractivity contribution in [3.05, 3.63) is 46.5 Å². The normalized spacial score (nSPS) is 19.4. The SMILES string of the molecule is O=C(NC1CCCC1)[C@H](c1cccs1)N(C(=O)c1ccco1)C1CCCCC1. The van der Waals surface area contributed by atoms with E-state index in [4.69, 9.17) is 4.42 Å². The van der Waals surface area contributed by atoms with Gasteiger partial charge in [0.2, 0.25) is 5.91 Å². The van der Waals surface area contributed by atoms with Gasteiger partial charge in [-0.3, -0.25) is 9.59 Å². The van der Waals surface area contributed by atoms with Crippen molar-refractivity contribution < 1.29 is 14.0 Å². The van der Waals surface area contributed by atoms with Crippen LogP contribution in [0.15, 0.2) is 40.3 Å². The van der Waals surface area contributed by atoms with Gasteiger partial charge in [0.25, 0.3) is 5.91 Å². The number of nitrogens with one attached hydrogen (secondary N) is 1. The fraction of sp³-hybridized carbons (Fsp3) is 0.545. The number of carbonyl (C=O) groups is 2. The van der Waals surface area contributed by atoms with E-state index in [2.05, 4.69) is 5.32 Å². The van der Waals surface area contributed by atoms with Crippen molar-refractivity contribution in [3.63, 3.8) is 0 Å². The molecule has 0 saturated heterocycles. The molecule has 1 N–H and O–H groups in total. The average Bonchev–Trinajstić information content (AvgIpc) is 3.49. The van der Waals surface area contributed by atoms with Crippen molar-refractivity contribution in [2.75, 3.05) is 0 Å². The Labute approximate surface area is 170 Å². The molecule has 0 aliphatic heterocycles. The van der Waals surface area contributed by atoms with E-state index in [1.54, 1.807) is 12.1 Å². The lowest BCUT2D eigenvalue weighted by Crippen LogP contribution is -2.50. The van der Waals surface area contributed by atoms with Gasteiger partial charge in [-0.25, -0.2) is 0 Å². The Hall–Kier alpha value is -2.08. The van der Waals surface area contributed by atoms with Gasteiger partial charge in [-0.05, 0) is 49.3 Å². The highest BCUT2D eigenvalue weighted by atomic mass is 32.1. The number of nitrogens with zero attached hydrogens (tertiary/aromatic N) is 1. The third-order valence-corrected chi connectivity index (χ3v) is 6.90. The molecular formula is C22H28N2O3S. The molecule has 28 heavy (non-hydrogen) atoms. The molecule has 0 radical (unpaired) electrons. The van der Waals surface area contributed by atoms with E-state index < -0.39 is 6.04 Å². The van der Waals surface area contributed by atoms with Gasteiger partial charge in [0.15, 0.2) is 5.76 Å². The molecule has 2 aliphatic carbocycles. The Bertz CT molecular complexity index is 760. The van der Waals surface area contributed by atoms with Crippen LogP contribution < -0.4 is 5.32 Å². The van der Waals surface area contributed by atoms with Gasteiger partial charge in [0, 0.05) is 17.0 Å². The quantitative estimate of drug-likeness (QED) is 0.749. The van der Waals surface area contributed by atoms with Gasteiger partial charge in [0.1, 0.15) is 6.04 Å². The molecule has 2 aromatic rings. The van der Waals surface area contributed by atoms with E-state index in [0.29, 0.717) is 5.76 Å². The first-order valence-electron chi connectivity index (χ1n) is 10.4. The summed E-state index contributed by atoms with van der Waals surface area (Å²) in [4.78, 5) is 29.6. The maximum absolute atomic E-state index is 13.4. The first kappa shape index (κ1) is 19.2. The highest BCUT2D eigenvalue weighted by Gasteiger charge is 2.39. The van der Waals surface area contributed by atoms with Crippen LogP contribution in [0, 0.1) is 0 Å². The maximum atomic E-state index is 13.4. The number of amides is 2. The van der Waals surface area contributed by atoms with E-state index in [1.807, 2.05) is 22.4 Å². The number of hydrogen-bond acceptors (Lipinski definition) is 4. The molecule has 2 fully saturated rings. The standard InChI is InChI=1S/C22H28N2O3S/c25-21(23-16-8-4-5-9-16)20(19-13-7-15-28-19)24(17-10-2-1-3-11-17)22(26)18-12-6-14-27-18/h6-7,12-17,20H,1-5,8-11H2,(H,23,25)/t20-/m0/s1. The zero-order valence-electron chi connectivity index (χ0n) is 16.1. The first-order chi connectivity index (χ1) is 13.7.